The summed E-state index contributed by atoms with van der Waals surface area (Å²) in [6, 6.07) is 7.72. The van der Waals surface area contributed by atoms with E-state index in [1.807, 2.05) is 30.5 Å². The number of aromatic amines is 1. The number of benzene rings is 1. The van der Waals surface area contributed by atoms with Crippen molar-refractivity contribution in [2.45, 2.75) is 25.9 Å². The highest BCUT2D eigenvalue weighted by Crippen LogP contribution is 2.13. The minimum Gasteiger partial charge on any atom is -0.394 e. The number of nitrogens with one attached hydrogen (secondary N) is 3. The van der Waals surface area contributed by atoms with Crippen molar-refractivity contribution in [3.05, 3.63) is 36.0 Å². The first-order valence-corrected chi connectivity index (χ1v) is 6.23. The van der Waals surface area contributed by atoms with Gasteiger partial charge in [-0.3, -0.25) is 0 Å². The van der Waals surface area contributed by atoms with Crippen LogP contribution in [0.15, 0.2) is 30.5 Å². The first kappa shape index (κ1) is 13.4. The molecule has 2 rings (SSSR count). The first-order chi connectivity index (χ1) is 9.00. The second-order valence-corrected chi connectivity index (χ2v) is 5.25. The van der Waals surface area contributed by atoms with Gasteiger partial charge in [0.25, 0.3) is 0 Å². The van der Waals surface area contributed by atoms with Crippen LogP contribution in [0, 0.1) is 0 Å². The van der Waals surface area contributed by atoms with Crippen LogP contribution in [0.4, 0.5) is 4.79 Å². The van der Waals surface area contributed by atoms with Gasteiger partial charge in [-0.1, -0.05) is 12.1 Å². The molecular formula is C14H19N3O2. The van der Waals surface area contributed by atoms with Crippen LogP contribution in [0.5, 0.6) is 0 Å². The number of carbonyl (C=O) groups is 1. The molecule has 1 aromatic heterocycles. The Hall–Kier alpha value is -2.01. The third-order valence-corrected chi connectivity index (χ3v) is 2.92. The molecule has 0 fully saturated rings. The van der Waals surface area contributed by atoms with Crippen molar-refractivity contribution in [2.75, 3.05) is 6.61 Å². The summed E-state index contributed by atoms with van der Waals surface area (Å²) < 4.78 is 0. The van der Waals surface area contributed by atoms with Gasteiger partial charge in [0.2, 0.25) is 0 Å². The van der Waals surface area contributed by atoms with E-state index in [0.717, 1.165) is 16.5 Å². The van der Waals surface area contributed by atoms with Crippen LogP contribution in [0.1, 0.15) is 19.4 Å². The lowest BCUT2D eigenvalue weighted by Gasteiger charge is -2.23. The highest BCUT2D eigenvalue weighted by Gasteiger charge is 2.18. The van der Waals surface area contributed by atoms with E-state index < -0.39 is 5.54 Å². The lowest BCUT2D eigenvalue weighted by molar-refractivity contribution is 0.182. The summed E-state index contributed by atoms with van der Waals surface area (Å²) >= 11 is 0. The van der Waals surface area contributed by atoms with Gasteiger partial charge in [-0.15, -0.1) is 0 Å². The van der Waals surface area contributed by atoms with Crippen molar-refractivity contribution in [3.63, 3.8) is 0 Å². The van der Waals surface area contributed by atoms with E-state index in [4.69, 9.17) is 5.11 Å². The zero-order valence-electron chi connectivity index (χ0n) is 11.2. The molecule has 0 saturated carbocycles. The average molecular weight is 261 g/mol. The Morgan fingerprint density at radius 2 is 2.16 bits per heavy atom. The van der Waals surface area contributed by atoms with Gasteiger partial charge >= 0.3 is 6.03 Å². The van der Waals surface area contributed by atoms with Crippen molar-refractivity contribution in [1.82, 2.24) is 15.6 Å². The fraction of sp³-hybridized carbons (Fsp3) is 0.357. The predicted octanol–water partition coefficient (Wildman–Crippen LogP) is 1.74. The number of aliphatic hydroxyl groups is 1. The van der Waals surface area contributed by atoms with Gasteiger partial charge in [0, 0.05) is 18.3 Å². The second kappa shape index (κ2) is 5.32. The summed E-state index contributed by atoms with van der Waals surface area (Å²) in [5.41, 5.74) is 1.45. The van der Waals surface area contributed by atoms with Gasteiger partial charge in [0.1, 0.15) is 0 Å². The minimum atomic E-state index is -0.618. The van der Waals surface area contributed by atoms with Crippen molar-refractivity contribution in [2.24, 2.45) is 0 Å². The highest BCUT2D eigenvalue weighted by atomic mass is 16.3. The average Bonchev–Trinajstić information content (AvgIpc) is 2.83. The smallest absolute Gasteiger partial charge is 0.315 e. The van der Waals surface area contributed by atoms with Crippen LogP contribution < -0.4 is 10.6 Å². The molecule has 19 heavy (non-hydrogen) atoms. The SMILES string of the molecule is CC(C)(CO)NC(=O)NCc1ccc2cc[nH]c2c1. The van der Waals surface area contributed by atoms with Crippen LogP contribution in [0.25, 0.3) is 10.9 Å². The highest BCUT2D eigenvalue weighted by molar-refractivity contribution is 5.80. The van der Waals surface area contributed by atoms with Crippen molar-refractivity contribution >= 4 is 16.9 Å². The molecule has 0 bridgehead atoms. The molecule has 0 unspecified atom stereocenters. The van der Waals surface area contributed by atoms with E-state index in [1.54, 1.807) is 13.8 Å². The number of hydrogen-bond donors (Lipinski definition) is 4. The van der Waals surface area contributed by atoms with Crippen LogP contribution in [-0.2, 0) is 6.54 Å². The topological polar surface area (TPSA) is 77.2 Å². The minimum absolute atomic E-state index is 0.102. The zero-order valence-corrected chi connectivity index (χ0v) is 11.2. The summed E-state index contributed by atoms with van der Waals surface area (Å²) in [6.07, 6.45) is 1.89. The molecule has 0 aliphatic carbocycles. The van der Waals surface area contributed by atoms with Crippen molar-refractivity contribution in [1.29, 1.82) is 0 Å². The number of aromatic nitrogens is 1. The molecule has 5 nitrogen and oxygen atoms in total. The molecule has 0 saturated heterocycles. The molecule has 0 radical (unpaired) electrons. The van der Waals surface area contributed by atoms with E-state index in [9.17, 15) is 4.79 Å². The Morgan fingerprint density at radius 1 is 1.37 bits per heavy atom. The molecule has 0 aliphatic heterocycles. The lowest BCUT2D eigenvalue weighted by atomic mass is 10.1. The van der Waals surface area contributed by atoms with Crippen molar-refractivity contribution in [3.8, 4) is 0 Å². The fourth-order valence-corrected chi connectivity index (χ4v) is 1.78. The number of amides is 2. The molecule has 1 aromatic carbocycles. The zero-order chi connectivity index (χ0) is 13.9. The Morgan fingerprint density at radius 3 is 2.89 bits per heavy atom. The first-order valence-electron chi connectivity index (χ1n) is 6.23. The molecular weight excluding hydrogens is 242 g/mol. The van der Waals surface area contributed by atoms with Gasteiger partial charge in [-0.25, -0.2) is 4.79 Å². The van der Waals surface area contributed by atoms with E-state index in [0.29, 0.717) is 6.54 Å². The van der Waals surface area contributed by atoms with Crippen LogP contribution >= 0.6 is 0 Å². The van der Waals surface area contributed by atoms with Gasteiger partial charge in [0.15, 0.2) is 0 Å². The molecule has 2 amide bonds. The maximum Gasteiger partial charge on any atom is 0.315 e. The molecule has 102 valence electrons. The van der Waals surface area contributed by atoms with Gasteiger partial charge in [0.05, 0.1) is 12.1 Å². The molecule has 5 heteroatoms. The molecule has 1 heterocycles. The number of urea groups is 1. The Balaban J connectivity index is 1.93. The van der Waals surface area contributed by atoms with E-state index >= 15 is 0 Å². The molecule has 2 aromatic rings. The molecule has 0 atom stereocenters. The predicted molar refractivity (Wildman–Crippen MR) is 74.8 cm³/mol. The van der Waals surface area contributed by atoms with Crippen molar-refractivity contribution < 1.29 is 9.90 Å². The molecule has 0 aliphatic rings. The third kappa shape index (κ3) is 3.48. The second-order valence-electron chi connectivity index (χ2n) is 5.25. The third-order valence-electron chi connectivity index (χ3n) is 2.92. The number of fused-ring (bicyclic) bond motifs is 1. The summed E-state index contributed by atoms with van der Waals surface area (Å²) in [6.45, 7) is 3.87. The fourth-order valence-electron chi connectivity index (χ4n) is 1.78. The number of aliphatic hydroxyl groups excluding tert-OH is 1. The van der Waals surface area contributed by atoms with E-state index in [1.165, 1.54) is 0 Å². The number of rotatable bonds is 4. The summed E-state index contributed by atoms with van der Waals surface area (Å²) in [7, 11) is 0. The Kier molecular flexibility index (Phi) is 3.76. The van der Waals surface area contributed by atoms with Crippen LogP contribution in [-0.4, -0.2) is 28.3 Å². The standard InChI is InChI=1S/C14H19N3O2/c1-14(2,9-18)17-13(19)16-8-10-3-4-11-5-6-15-12(11)7-10/h3-7,15,18H,8-9H2,1-2H3,(H2,16,17,19). The maximum absolute atomic E-state index is 11.7. The normalized spacial score (nSPS) is 11.5. The monoisotopic (exact) mass is 261 g/mol. The molecule has 0 spiro atoms. The van der Waals surface area contributed by atoms with E-state index in [-0.39, 0.29) is 12.6 Å². The van der Waals surface area contributed by atoms with Gasteiger partial charge < -0.3 is 20.7 Å². The lowest BCUT2D eigenvalue weighted by Crippen LogP contribution is -2.50. The Bertz CT molecular complexity index is 575. The van der Waals surface area contributed by atoms with Crippen LogP contribution in [0.3, 0.4) is 0 Å². The quantitative estimate of drug-likeness (QED) is 0.676. The summed E-state index contributed by atoms with van der Waals surface area (Å²) in [4.78, 5) is 14.8. The van der Waals surface area contributed by atoms with E-state index in [2.05, 4.69) is 15.6 Å². The summed E-state index contributed by atoms with van der Waals surface area (Å²) in [5.74, 6) is 0. The number of H-pyrrole nitrogens is 1. The van der Waals surface area contributed by atoms with Gasteiger partial charge in [-0.2, -0.15) is 0 Å². The summed E-state index contributed by atoms with van der Waals surface area (Å²) in [5, 5.41) is 15.7. The largest absolute Gasteiger partial charge is 0.394 e. The number of hydrogen-bond acceptors (Lipinski definition) is 2. The van der Waals surface area contributed by atoms with Gasteiger partial charge in [-0.05, 0) is 36.9 Å². The Labute approximate surface area is 112 Å². The molecule has 4 N–H and O–H groups in total. The maximum atomic E-state index is 11.7. The number of carbonyl (C=O) groups excluding carboxylic acids is 1. The van der Waals surface area contributed by atoms with Crippen LogP contribution in [0.2, 0.25) is 0 Å².